The summed E-state index contributed by atoms with van der Waals surface area (Å²) >= 11 is 0. The number of amides is 1. The van der Waals surface area contributed by atoms with Gasteiger partial charge in [-0.05, 0) is 36.1 Å². The van der Waals surface area contributed by atoms with E-state index in [0.717, 1.165) is 17.0 Å². The Labute approximate surface area is 175 Å². The largest absolute Gasteiger partial charge is 0.559 e. The van der Waals surface area contributed by atoms with Crippen LogP contribution in [0.15, 0.2) is 30.4 Å². The molecule has 1 aromatic heterocycles. The predicted molar refractivity (Wildman–Crippen MR) is 115 cm³/mol. The minimum atomic E-state index is -0.585. The highest BCUT2D eigenvalue weighted by Gasteiger charge is 2.29. The Balaban J connectivity index is 1.66. The fraction of sp³-hybridized carbons (Fsp3) is 0.381. The maximum absolute atomic E-state index is 12.0. The van der Waals surface area contributed by atoms with Crippen LogP contribution in [-0.4, -0.2) is 36.4 Å². The molecular weight excluding hydrogens is 381 g/mol. The number of nitrogens with two attached hydrogens (primary N) is 1. The van der Waals surface area contributed by atoms with Crippen LogP contribution in [0.5, 0.6) is 5.75 Å². The molecule has 0 aliphatic carbocycles. The SMILES string of the molecule is CC(C)C1=CBOc2ccc(Nc3nn(C4COCCC4C#N)cc3C(N)=O)cc21. The van der Waals surface area contributed by atoms with Gasteiger partial charge in [0.1, 0.15) is 11.3 Å². The molecular formula is C21H24BN5O3. The van der Waals surface area contributed by atoms with Gasteiger partial charge < -0.3 is 20.4 Å². The Morgan fingerprint density at radius 1 is 1.47 bits per heavy atom. The van der Waals surface area contributed by atoms with Crippen LogP contribution in [0.1, 0.15) is 42.2 Å². The second-order valence-corrected chi connectivity index (χ2v) is 7.86. The van der Waals surface area contributed by atoms with Crippen LogP contribution in [-0.2, 0) is 4.74 Å². The molecule has 2 aromatic rings. The van der Waals surface area contributed by atoms with Crippen molar-refractivity contribution < 1.29 is 14.2 Å². The summed E-state index contributed by atoms with van der Waals surface area (Å²) in [6.07, 6.45) is 2.22. The second-order valence-electron chi connectivity index (χ2n) is 7.86. The average Bonchev–Trinajstić information content (AvgIpc) is 3.17. The molecule has 1 aromatic carbocycles. The van der Waals surface area contributed by atoms with Crippen LogP contribution in [0.4, 0.5) is 11.5 Å². The molecule has 8 nitrogen and oxygen atoms in total. The highest BCUT2D eigenvalue weighted by Crippen LogP contribution is 2.36. The van der Waals surface area contributed by atoms with E-state index < -0.39 is 5.91 Å². The standard InChI is InChI=1S/C21H24BN5O3/c1-12(2)16-8-22-30-19-4-3-14(7-15(16)19)25-21-17(20(24)28)10-27(26-21)18-11-29-6-5-13(18)9-23/h3-4,7-8,10,12-13,18,22H,5-6,11H2,1-2H3,(H2,24,28)(H,25,26). The van der Waals surface area contributed by atoms with Gasteiger partial charge in [-0.25, -0.2) is 0 Å². The average molecular weight is 405 g/mol. The first-order valence-corrected chi connectivity index (χ1v) is 10.1. The molecule has 0 spiro atoms. The lowest BCUT2D eigenvalue weighted by molar-refractivity contribution is 0.0342. The first kappa shape index (κ1) is 20.0. The van der Waals surface area contributed by atoms with E-state index in [1.165, 1.54) is 5.57 Å². The number of ether oxygens (including phenoxy) is 1. The smallest absolute Gasteiger partial charge is 0.366 e. The van der Waals surface area contributed by atoms with Gasteiger partial charge in [0.2, 0.25) is 0 Å². The molecule has 1 amide bonds. The molecule has 154 valence electrons. The van der Waals surface area contributed by atoms with Gasteiger partial charge in [0, 0.05) is 24.1 Å². The lowest BCUT2D eigenvalue weighted by atomic mass is 9.83. The van der Waals surface area contributed by atoms with E-state index in [1.54, 1.807) is 10.9 Å². The number of nitrogens with zero attached hydrogens (tertiary/aromatic N) is 3. The van der Waals surface area contributed by atoms with E-state index >= 15 is 0 Å². The van der Waals surface area contributed by atoms with Crippen molar-refractivity contribution in [3.63, 3.8) is 0 Å². The summed E-state index contributed by atoms with van der Waals surface area (Å²) in [4.78, 5) is 12.0. The highest BCUT2D eigenvalue weighted by molar-refractivity contribution is 6.38. The molecule has 2 unspecified atom stereocenters. The number of fused-ring (bicyclic) bond motifs is 1. The first-order valence-electron chi connectivity index (χ1n) is 10.1. The number of benzene rings is 1. The number of nitrogens with one attached hydrogen (secondary N) is 1. The Bertz CT molecular complexity index is 1040. The molecule has 9 heteroatoms. The molecule has 30 heavy (non-hydrogen) atoms. The van der Waals surface area contributed by atoms with E-state index in [1.807, 2.05) is 18.2 Å². The Hall–Kier alpha value is -3.25. The van der Waals surface area contributed by atoms with E-state index in [4.69, 9.17) is 15.1 Å². The molecule has 4 rings (SSSR count). The van der Waals surface area contributed by atoms with Gasteiger partial charge in [0.05, 0.1) is 24.6 Å². The van der Waals surface area contributed by atoms with Crippen molar-refractivity contribution >= 4 is 30.5 Å². The summed E-state index contributed by atoms with van der Waals surface area (Å²) in [5.74, 6) is 2.83. The lowest BCUT2D eigenvalue weighted by Gasteiger charge is -2.27. The summed E-state index contributed by atoms with van der Waals surface area (Å²) < 4.78 is 12.9. The number of hydrogen-bond acceptors (Lipinski definition) is 6. The summed E-state index contributed by atoms with van der Waals surface area (Å²) in [6, 6.07) is 7.84. The van der Waals surface area contributed by atoms with E-state index in [-0.39, 0.29) is 17.5 Å². The van der Waals surface area contributed by atoms with Crippen molar-refractivity contribution in [2.24, 2.45) is 17.6 Å². The van der Waals surface area contributed by atoms with Crippen LogP contribution in [0.3, 0.4) is 0 Å². The molecule has 2 atom stereocenters. The number of carbonyl (C=O) groups is 1. The normalized spacial score (nSPS) is 20.4. The van der Waals surface area contributed by atoms with Gasteiger partial charge in [-0.1, -0.05) is 19.8 Å². The third-order valence-electron chi connectivity index (χ3n) is 5.55. The number of carbonyl (C=O) groups excluding carboxylic acids is 1. The van der Waals surface area contributed by atoms with Crippen LogP contribution in [0, 0.1) is 23.2 Å². The predicted octanol–water partition coefficient (Wildman–Crippen LogP) is 2.57. The van der Waals surface area contributed by atoms with E-state index in [2.05, 4.69) is 36.3 Å². The van der Waals surface area contributed by atoms with E-state index in [0.29, 0.717) is 38.9 Å². The molecule has 1 fully saturated rings. The zero-order valence-corrected chi connectivity index (χ0v) is 17.1. The fourth-order valence-electron chi connectivity index (χ4n) is 3.94. The van der Waals surface area contributed by atoms with Gasteiger partial charge in [0.25, 0.3) is 5.91 Å². The van der Waals surface area contributed by atoms with Crippen LogP contribution in [0.2, 0.25) is 0 Å². The lowest BCUT2D eigenvalue weighted by Crippen LogP contribution is -2.29. The summed E-state index contributed by atoms with van der Waals surface area (Å²) in [7, 11) is 0.563. The van der Waals surface area contributed by atoms with E-state index in [9.17, 15) is 10.1 Å². The molecule has 3 N–H and O–H groups in total. The third-order valence-corrected chi connectivity index (χ3v) is 5.55. The quantitative estimate of drug-likeness (QED) is 0.739. The minimum Gasteiger partial charge on any atom is -0.559 e. The molecule has 0 radical (unpaired) electrons. The summed E-state index contributed by atoms with van der Waals surface area (Å²) in [5, 5.41) is 17.2. The fourth-order valence-corrected chi connectivity index (χ4v) is 3.94. The van der Waals surface area contributed by atoms with Crippen LogP contribution >= 0.6 is 0 Å². The number of aromatic nitrogens is 2. The second kappa shape index (κ2) is 8.24. The molecule has 2 aliphatic heterocycles. The topological polar surface area (TPSA) is 115 Å². The van der Waals surface area contributed by atoms with Gasteiger partial charge in [-0.2, -0.15) is 10.4 Å². The summed E-state index contributed by atoms with van der Waals surface area (Å²) in [6.45, 7) is 5.21. The highest BCUT2D eigenvalue weighted by atomic mass is 16.5. The maximum Gasteiger partial charge on any atom is 0.366 e. The Kier molecular flexibility index (Phi) is 5.51. The maximum atomic E-state index is 12.0. The van der Waals surface area contributed by atoms with Gasteiger partial charge in [0.15, 0.2) is 5.82 Å². The van der Waals surface area contributed by atoms with Crippen molar-refractivity contribution in [2.45, 2.75) is 26.3 Å². The summed E-state index contributed by atoms with van der Waals surface area (Å²) in [5.41, 5.74) is 8.88. The number of anilines is 2. The molecule has 0 bridgehead atoms. The Morgan fingerprint density at radius 3 is 3.03 bits per heavy atom. The van der Waals surface area contributed by atoms with Crippen LogP contribution < -0.4 is 15.7 Å². The minimum absolute atomic E-state index is 0.230. The van der Waals surface area contributed by atoms with Gasteiger partial charge >= 0.3 is 7.48 Å². The number of nitriles is 1. The molecule has 2 aliphatic rings. The number of hydrogen-bond donors (Lipinski definition) is 2. The zero-order valence-electron chi connectivity index (χ0n) is 17.1. The molecule has 0 saturated carbocycles. The first-order chi connectivity index (χ1) is 14.5. The van der Waals surface area contributed by atoms with Crippen LogP contribution in [0.25, 0.3) is 5.57 Å². The van der Waals surface area contributed by atoms with Crippen molar-refractivity contribution in [3.8, 4) is 11.8 Å². The molecule has 3 heterocycles. The van der Waals surface area contributed by atoms with Gasteiger partial charge in [-0.15, -0.1) is 0 Å². The monoisotopic (exact) mass is 405 g/mol. The zero-order chi connectivity index (χ0) is 21.3. The molecule has 1 saturated heterocycles. The number of primary amides is 1. The van der Waals surface area contributed by atoms with Crippen molar-refractivity contribution in [3.05, 3.63) is 41.5 Å². The third kappa shape index (κ3) is 3.78. The van der Waals surface area contributed by atoms with Crippen molar-refractivity contribution in [2.75, 3.05) is 18.5 Å². The number of rotatable bonds is 5. The van der Waals surface area contributed by atoms with Crippen molar-refractivity contribution in [1.82, 2.24) is 9.78 Å². The number of allylic oxidation sites excluding steroid dienone is 1. The van der Waals surface area contributed by atoms with Gasteiger partial charge in [-0.3, -0.25) is 9.48 Å². The Morgan fingerprint density at radius 2 is 2.30 bits per heavy atom. The van der Waals surface area contributed by atoms with Crippen molar-refractivity contribution in [1.29, 1.82) is 5.26 Å².